The smallest absolute Gasteiger partial charge is 0.421 e. The third-order valence-electron chi connectivity index (χ3n) is 2.05. The lowest BCUT2D eigenvalue weighted by Crippen LogP contribution is -2.13. The molecule has 0 atom stereocenters. The number of halogens is 3. The molecule has 0 radical (unpaired) electrons. The summed E-state index contributed by atoms with van der Waals surface area (Å²) in [5.41, 5.74) is -0.572. The molecule has 15 heavy (non-hydrogen) atoms. The Morgan fingerprint density at radius 1 is 1.33 bits per heavy atom. The van der Waals surface area contributed by atoms with Gasteiger partial charge in [0, 0.05) is 6.20 Å². The third kappa shape index (κ3) is 2.40. The van der Waals surface area contributed by atoms with Crippen molar-refractivity contribution in [2.45, 2.75) is 25.9 Å². The average Bonchev–Trinajstić information content (AvgIpc) is 2.15. The number of hydrogen-bond donors (Lipinski definition) is 0. The number of methoxy groups -OCH3 is 1. The largest absolute Gasteiger partial charge is 0.481 e. The zero-order valence-corrected chi connectivity index (χ0v) is 8.72. The predicted molar refractivity (Wildman–Crippen MR) is 49.9 cm³/mol. The van der Waals surface area contributed by atoms with Gasteiger partial charge in [0.2, 0.25) is 5.88 Å². The van der Waals surface area contributed by atoms with Crippen molar-refractivity contribution in [3.8, 4) is 5.88 Å². The summed E-state index contributed by atoms with van der Waals surface area (Å²) in [4.78, 5) is 3.56. The molecule has 0 fully saturated rings. The fourth-order valence-electron chi connectivity index (χ4n) is 1.38. The molecule has 84 valence electrons. The van der Waals surface area contributed by atoms with Gasteiger partial charge in [0.1, 0.15) is 5.56 Å². The highest BCUT2D eigenvalue weighted by Crippen LogP contribution is 2.39. The molecule has 5 heteroatoms. The van der Waals surface area contributed by atoms with E-state index < -0.39 is 11.7 Å². The van der Waals surface area contributed by atoms with Gasteiger partial charge in [-0.3, -0.25) is 0 Å². The minimum atomic E-state index is -4.43. The summed E-state index contributed by atoms with van der Waals surface area (Å²) in [6.45, 7) is 3.40. The summed E-state index contributed by atoms with van der Waals surface area (Å²) >= 11 is 0. The molecule has 0 N–H and O–H groups in total. The van der Waals surface area contributed by atoms with Gasteiger partial charge in [0.05, 0.1) is 7.11 Å². The molecule has 0 bridgehead atoms. The van der Waals surface area contributed by atoms with Gasteiger partial charge in [0.25, 0.3) is 0 Å². The van der Waals surface area contributed by atoms with E-state index >= 15 is 0 Å². The molecule has 0 unspecified atom stereocenters. The Kier molecular flexibility index (Phi) is 3.21. The SMILES string of the molecule is COc1nccc(C(C)C)c1C(F)(F)F. The minimum Gasteiger partial charge on any atom is -0.481 e. The summed E-state index contributed by atoms with van der Waals surface area (Å²) in [7, 11) is 1.18. The first-order chi connectivity index (χ1) is 6.88. The molecule has 0 aliphatic heterocycles. The van der Waals surface area contributed by atoms with Crippen molar-refractivity contribution in [3.05, 3.63) is 23.4 Å². The average molecular weight is 219 g/mol. The van der Waals surface area contributed by atoms with E-state index in [0.29, 0.717) is 0 Å². The van der Waals surface area contributed by atoms with Crippen molar-refractivity contribution in [1.29, 1.82) is 0 Å². The number of ether oxygens (including phenoxy) is 1. The third-order valence-corrected chi connectivity index (χ3v) is 2.05. The molecule has 1 rings (SSSR count). The zero-order chi connectivity index (χ0) is 11.6. The van der Waals surface area contributed by atoms with E-state index in [9.17, 15) is 13.2 Å². The van der Waals surface area contributed by atoms with Crippen molar-refractivity contribution in [1.82, 2.24) is 4.98 Å². The number of pyridine rings is 1. The lowest BCUT2D eigenvalue weighted by Gasteiger charge is -2.17. The van der Waals surface area contributed by atoms with Gasteiger partial charge in [-0.15, -0.1) is 0 Å². The van der Waals surface area contributed by atoms with Gasteiger partial charge < -0.3 is 4.74 Å². The van der Waals surface area contributed by atoms with Crippen LogP contribution in [0, 0.1) is 0 Å². The summed E-state index contributed by atoms with van der Waals surface area (Å²) in [6.07, 6.45) is -3.11. The quantitative estimate of drug-likeness (QED) is 0.761. The highest BCUT2D eigenvalue weighted by molar-refractivity contribution is 5.38. The maximum atomic E-state index is 12.7. The van der Waals surface area contributed by atoms with Crippen molar-refractivity contribution in [2.75, 3.05) is 7.11 Å². The molecule has 0 saturated carbocycles. The van der Waals surface area contributed by atoms with Crippen LogP contribution >= 0.6 is 0 Å². The van der Waals surface area contributed by atoms with Crippen LogP contribution in [0.4, 0.5) is 13.2 Å². The number of hydrogen-bond acceptors (Lipinski definition) is 2. The van der Waals surface area contributed by atoms with E-state index in [1.807, 2.05) is 0 Å². The van der Waals surface area contributed by atoms with E-state index in [4.69, 9.17) is 0 Å². The van der Waals surface area contributed by atoms with Crippen LogP contribution < -0.4 is 4.74 Å². The molecule has 1 aromatic rings. The Balaban J connectivity index is 3.41. The van der Waals surface area contributed by atoms with Crippen molar-refractivity contribution < 1.29 is 17.9 Å². The van der Waals surface area contributed by atoms with Gasteiger partial charge in [-0.05, 0) is 17.5 Å². The Bertz CT molecular complexity index is 347. The van der Waals surface area contributed by atoms with Gasteiger partial charge >= 0.3 is 6.18 Å². The van der Waals surface area contributed by atoms with Crippen LogP contribution in [-0.4, -0.2) is 12.1 Å². The number of alkyl halides is 3. The van der Waals surface area contributed by atoms with Crippen molar-refractivity contribution >= 4 is 0 Å². The molecule has 0 saturated heterocycles. The van der Waals surface area contributed by atoms with Crippen LogP contribution in [0.25, 0.3) is 0 Å². The van der Waals surface area contributed by atoms with E-state index in [2.05, 4.69) is 9.72 Å². The first-order valence-corrected chi connectivity index (χ1v) is 4.48. The summed E-state index contributed by atoms with van der Waals surface area (Å²) in [5, 5.41) is 0. The van der Waals surface area contributed by atoms with Gasteiger partial charge in [-0.2, -0.15) is 13.2 Å². The second-order valence-electron chi connectivity index (χ2n) is 3.44. The highest BCUT2D eigenvalue weighted by Gasteiger charge is 2.38. The summed E-state index contributed by atoms with van der Waals surface area (Å²) < 4.78 is 42.8. The second-order valence-corrected chi connectivity index (χ2v) is 3.44. The molecule has 0 aromatic carbocycles. The van der Waals surface area contributed by atoms with Gasteiger partial charge in [-0.25, -0.2) is 4.98 Å². The van der Waals surface area contributed by atoms with E-state index in [0.717, 1.165) is 0 Å². The van der Waals surface area contributed by atoms with E-state index in [1.165, 1.54) is 19.4 Å². The molecular weight excluding hydrogens is 207 g/mol. The Morgan fingerprint density at radius 3 is 2.33 bits per heavy atom. The maximum Gasteiger partial charge on any atom is 0.421 e. The van der Waals surface area contributed by atoms with Crippen LogP contribution in [0.1, 0.15) is 30.9 Å². The van der Waals surface area contributed by atoms with Crippen molar-refractivity contribution in [3.63, 3.8) is 0 Å². The predicted octanol–water partition coefficient (Wildman–Crippen LogP) is 3.23. The van der Waals surface area contributed by atoms with E-state index in [-0.39, 0.29) is 17.4 Å². The van der Waals surface area contributed by atoms with Crippen LogP contribution in [-0.2, 0) is 6.18 Å². The van der Waals surface area contributed by atoms with Crippen LogP contribution in [0.2, 0.25) is 0 Å². The lowest BCUT2D eigenvalue weighted by atomic mass is 9.98. The van der Waals surface area contributed by atoms with E-state index in [1.54, 1.807) is 13.8 Å². The highest BCUT2D eigenvalue weighted by atomic mass is 19.4. The Morgan fingerprint density at radius 2 is 1.93 bits per heavy atom. The number of aromatic nitrogens is 1. The van der Waals surface area contributed by atoms with Crippen LogP contribution in [0.15, 0.2) is 12.3 Å². The molecule has 0 aliphatic rings. The summed E-state index contributed by atoms with van der Waals surface area (Å²) in [6, 6.07) is 1.37. The molecule has 0 amide bonds. The number of nitrogens with zero attached hydrogens (tertiary/aromatic N) is 1. The van der Waals surface area contributed by atoms with Gasteiger partial charge in [-0.1, -0.05) is 13.8 Å². The molecular formula is C10H12F3NO. The molecule has 1 heterocycles. The molecule has 2 nitrogen and oxygen atoms in total. The normalized spacial score (nSPS) is 11.9. The second kappa shape index (κ2) is 4.08. The maximum absolute atomic E-state index is 12.7. The summed E-state index contributed by atoms with van der Waals surface area (Å²) in [5.74, 6) is -0.591. The van der Waals surface area contributed by atoms with Crippen LogP contribution in [0.3, 0.4) is 0 Å². The monoisotopic (exact) mass is 219 g/mol. The Hall–Kier alpha value is -1.26. The first-order valence-electron chi connectivity index (χ1n) is 4.48. The zero-order valence-electron chi connectivity index (χ0n) is 8.72. The Labute approximate surface area is 86.1 Å². The minimum absolute atomic E-state index is 0.203. The lowest BCUT2D eigenvalue weighted by molar-refractivity contribution is -0.139. The number of rotatable bonds is 2. The molecule has 0 spiro atoms. The molecule has 1 aromatic heterocycles. The molecule has 0 aliphatic carbocycles. The topological polar surface area (TPSA) is 22.1 Å². The first kappa shape index (κ1) is 11.8. The standard InChI is InChI=1S/C10H12F3NO/c1-6(2)7-4-5-14-9(15-3)8(7)10(11,12)13/h4-6H,1-3H3. The van der Waals surface area contributed by atoms with Crippen LogP contribution in [0.5, 0.6) is 5.88 Å². The van der Waals surface area contributed by atoms with Gasteiger partial charge in [0.15, 0.2) is 0 Å². The van der Waals surface area contributed by atoms with Crippen molar-refractivity contribution in [2.24, 2.45) is 0 Å². The fraction of sp³-hybridized carbons (Fsp3) is 0.500. The fourth-order valence-corrected chi connectivity index (χ4v) is 1.38.